The summed E-state index contributed by atoms with van der Waals surface area (Å²) in [6.07, 6.45) is 0.664. The number of aliphatic imine (C=N–C) groups is 2. The zero-order chi connectivity index (χ0) is 23.5. The van der Waals surface area contributed by atoms with E-state index in [1.54, 1.807) is 37.3 Å². The van der Waals surface area contributed by atoms with Crippen LogP contribution in [-0.2, 0) is 9.59 Å². The Hall–Kier alpha value is -3.33. The molecule has 8 nitrogen and oxygen atoms in total. The van der Waals surface area contributed by atoms with E-state index in [0.717, 1.165) is 11.3 Å². The molecule has 1 atom stereocenters. The molecule has 2 aliphatic rings. The Kier molecular flexibility index (Phi) is 6.69. The minimum atomic E-state index is -0.435. The number of thioether (sulfide) groups is 1. The first-order valence-corrected chi connectivity index (χ1v) is 11.6. The van der Waals surface area contributed by atoms with Crippen molar-refractivity contribution in [2.75, 3.05) is 25.3 Å². The number of rotatable bonds is 7. The number of nitrogens with one attached hydrogen (secondary N) is 1. The van der Waals surface area contributed by atoms with Gasteiger partial charge in [0.05, 0.1) is 25.7 Å². The number of hydrogen-bond donors (Lipinski definition) is 1. The summed E-state index contributed by atoms with van der Waals surface area (Å²) in [5.41, 5.74) is 2.13. The molecule has 33 heavy (non-hydrogen) atoms. The van der Waals surface area contributed by atoms with E-state index in [-0.39, 0.29) is 17.6 Å². The molecule has 1 N–H and O–H groups in total. The van der Waals surface area contributed by atoms with Crippen LogP contribution in [-0.4, -0.2) is 53.7 Å². The fourth-order valence-electron chi connectivity index (χ4n) is 3.71. The molecule has 2 heterocycles. The van der Waals surface area contributed by atoms with Crippen LogP contribution >= 0.6 is 11.8 Å². The largest absolute Gasteiger partial charge is 0.497 e. The van der Waals surface area contributed by atoms with Crippen LogP contribution < -0.4 is 14.8 Å². The van der Waals surface area contributed by atoms with Gasteiger partial charge in [0.25, 0.3) is 5.91 Å². The van der Waals surface area contributed by atoms with E-state index in [1.807, 2.05) is 24.3 Å². The van der Waals surface area contributed by atoms with E-state index in [0.29, 0.717) is 40.5 Å². The molecule has 0 aliphatic carbocycles. The molecule has 9 heteroatoms. The Labute approximate surface area is 197 Å². The maximum atomic E-state index is 13.2. The van der Waals surface area contributed by atoms with Gasteiger partial charge >= 0.3 is 0 Å². The zero-order valence-electron chi connectivity index (χ0n) is 19.0. The number of fused-ring (bicyclic) bond motifs is 3. The number of amidine groups is 2. The quantitative estimate of drug-likeness (QED) is 0.664. The van der Waals surface area contributed by atoms with Crippen molar-refractivity contribution in [1.29, 1.82) is 0 Å². The predicted octanol–water partition coefficient (Wildman–Crippen LogP) is 4.08. The van der Waals surface area contributed by atoms with E-state index >= 15 is 0 Å². The highest BCUT2D eigenvalue weighted by Gasteiger charge is 2.41. The normalized spacial score (nSPS) is 16.7. The van der Waals surface area contributed by atoms with Crippen molar-refractivity contribution in [2.24, 2.45) is 15.9 Å². The van der Waals surface area contributed by atoms with E-state index in [9.17, 15) is 9.59 Å². The van der Waals surface area contributed by atoms with Crippen LogP contribution in [0.3, 0.4) is 0 Å². The monoisotopic (exact) mass is 466 g/mol. The third-order valence-corrected chi connectivity index (χ3v) is 6.15. The molecule has 0 unspecified atom stereocenters. The van der Waals surface area contributed by atoms with Crippen molar-refractivity contribution in [3.8, 4) is 11.5 Å². The lowest BCUT2D eigenvalue weighted by atomic mass is 10.0. The minimum absolute atomic E-state index is 0.0758. The van der Waals surface area contributed by atoms with Crippen molar-refractivity contribution in [3.63, 3.8) is 0 Å². The van der Waals surface area contributed by atoms with Gasteiger partial charge in [-0.3, -0.25) is 14.6 Å². The molecule has 2 aromatic carbocycles. The summed E-state index contributed by atoms with van der Waals surface area (Å²) < 4.78 is 10.5. The molecular weight excluding hydrogens is 440 g/mol. The minimum Gasteiger partial charge on any atom is -0.497 e. The molecule has 0 fully saturated rings. The highest BCUT2D eigenvalue weighted by atomic mass is 32.2. The lowest BCUT2D eigenvalue weighted by molar-refractivity contribution is -0.125. The van der Waals surface area contributed by atoms with E-state index in [1.165, 1.54) is 11.8 Å². The summed E-state index contributed by atoms with van der Waals surface area (Å²) in [6.45, 7) is 4.14. The van der Waals surface area contributed by atoms with Crippen molar-refractivity contribution in [3.05, 3.63) is 48.0 Å². The maximum absolute atomic E-state index is 13.2. The van der Waals surface area contributed by atoms with Crippen molar-refractivity contribution < 1.29 is 19.1 Å². The van der Waals surface area contributed by atoms with Crippen LogP contribution in [0.1, 0.15) is 25.8 Å². The number of hydrogen-bond acceptors (Lipinski definition) is 7. The highest BCUT2D eigenvalue weighted by molar-refractivity contribution is 8.14. The van der Waals surface area contributed by atoms with Crippen molar-refractivity contribution in [2.45, 2.75) is 26.3 Å². The SMILES string of the molecule is COc1cc(NC(=O)CSC2=Nc3ccccc3C3=N[C@@H](CC(C)C)C(=O)N23)cc(OC)c1. The standard InChI is InChI=1S/C24H26N4O4S/c1-14(2)9-20-23(30)28-22(26-20)18-7-5-6-8-19(18)27-24(28)33-13-21(29)25-15-10-16(31-3)12-17(11-15)32-4/h5-8,10-12,14,20H,9,13H2,1-4H3,(H,25,29)/t20-/m0/s1. The van der Waals surface area contributed by atoms with Crippen molar-refractivity contribution >= 4 is 46.0 Å². The molecule has 0 saturated carbocycles. The van der Waals surface area contributed by atoms with Crippen LogP contribution in [0.2, 0.25) is 0 Å². The van der Waals surface area contributed by atoms with Gasteiger partial charge in [-0.2, -0.15) is 0 Å². The fourth-order valence-corrected chi connectivity index (χ4v) is 4.51. The molecule has 4 rings (SSSR count). The van der Waals surface area contributed by atoms with Gasteiger partial charge < -0.3 is 14.8 Å². The number of carbonyl (C=O) groups is 2. The van der Waals surface area contributed by atoms with Gasteiger partial charge in [-0.25, -0.2) is 9.89 Å². The number of ether oxygens (including phenoxy) is 2. The molecule has 172 valence electrons. The summed E-state index contributed by atoms with van der Waals surface area (Å²) >= 11 is 1.21. The summed E-state index contributed by atoms with van der Waals surface area (Å²) in [7, 11) is 3.10. The van der Waals surface area contributed by atoms with Crippen LogP contribution in [0.25, 0.3) is 0 Å². The lowest BCUT2D eigenvalue weighted by Crippen LogP contribution is -2.41. The molecule has 2 amide bonds. The molecule has 2 aromatic rings. The van der Waals surface area contributed by atoms with Crippen LogP contribution in [0.5, 0.6) is 11.5 Å². The number of amides is 2. The Morgan fingerprint density at radius 2 is 1.85 bits per heavy atom. The molecule has 2 aliphatic heterocycles. The summed E-state index contributed by atoms with van der Waals surface area (Å²) in [4.78, 5) is 36.8. The van der Waals surface area contributed by atoms with Gasteiger partial charge in [0.15, 0.2) is 5.17 Å². The number of anilines is 1. The third-order valence-electron chi connectivity index (χ3n) is 5.21. The molecule has 0 saturated heterocycles. The topological polar surface area (TPSA) is 92.6 Å². The van der Waals surface area contributed by atoms with Gasteiger partial charge in [0.2, 0.25) is 5.91 Å². The predicted molar refractivity (Wildman–Crippen MR) is 131 cm³/mol. The molecular formula is C24H26N4O4S. The van der Waals surface area contributed by atoms with Gasteiger partial charge in [-0.05, 0) is 24.5 Å². The summed E-state index contributed by atoms with van der Waals surface area (Å²) in [6, 6.07) is 12.3. The van der Waals surface area contributed by atoms with Crippen LogP contribution in [0, 0.1) is 5.92 Å². The number of nitrogens with zero attached hydrogens (tertiary/aromatic N) is 3. The Morgan fingerprint density at radius 1 is 1.15 bits per heavy atom. The second-order valence-corrected chi connectivity index (χ2v) is 9.06. The Morgan fingerprint density at radius 3 is 2.52 bits per heavy atom. The highest BCUT2D eigenvalue weighted by Crippen LogP contribution is 2.34. The Balaban J connectivity index is 1.52. The van der Waals surface area contributed by atoms with E-state index in [2.05, 4.69) is 24.2 Å². The van der Waals surface area contributed by atoms with Gasteiger partial charge in [-0.1, -0.05) is 37.7 Å². The zero-order valence-corrected chi connectivity index (χ0v) is 19.8. The average molecular weight is 467 g/mol. The number of benzene rings is 2. The van der Waals surface area contributed by atoms with Gasteiger partial charge in [-0.15, -0.1) is 0 Å². The smallest absolute Gasteiger partial charge is 0.259 e. The maximum Gasteiger partial charge on any atom is 0.259 e. The van der Waals surface area contributed by atoms with Crippen LogP contribution in [0.15, 0.2) is 52.4 Å². The molecule has 0 aromatic heterocycles. The number of methoxy groups -OCH3 is 2. The van der Waals surface area contributed by atoms with Gasteiger partial charge in [0.1, 0.15) is 23.4 Å². The molecule has 0 bridgehead atoms. The number of para-hydroxylation sites is 1. The number of carbonyl (C=O) groups excluding carboxylic acids is 2. The molecule has 0 radical (unpaired) electrons. The fraction of sp³-hybridized carbons (Fsp3) is 0.333. The Bertz CT molecular complexity index is 1120. The average Bonchev–Trinajstić information content (AvgIpc) is 3.13. The first-order valence-electron chi connectivity index (χ1n) is 10.6. The van der Waals surface area contributed by atoms with E-state index in [4.69, 9.17) is 14.5 Å². The summed E-state index contributed by atoms with van der Waals surface area (Å²) in [5, 5.41) is 3.31. The lowest BCUT2D eigenvalue weighted by Gasteiger charge is -2.25. The first-order chi connectivity index (χ1) is 15.9. The van der Waals surface area contributed by atoms with Crippen LogP contribution in [0.4, 0.5) is 11.4 Å². The third kappa shape index (κ3) is 4.88. The molecule has 0 spiro atoms. The second-order valence-electron chi connectivity index (χ2n) is 8.12. The van der Waals surface area contributed by atoms with Gasteiger partial charge in [0, 0.05) is 29.4 Å². The van der Waals surface area contributed by atoms with E-state index < -0.39 is 6.04 Å². The summed E-state index contributed by atoms with van der Waals surface area (Å²) in [5.74, 6) is 1.83. The first kappa shape index (κ1) is 22.8. The second kappa shape index (κ2) is 9.66. The van der Waals surface area contributed by atoms with Crippen molar-refractivity contribution in [1.82, 2.24) is 4.90 Å².